The number of benzene rings is 1. The van der Waals surface area contributed by atoms with Gasteiger partial charge in [-0.25, -0.2) is 4.98 Å². The van der Waals surface area contributed by atoms with Gasteiger partial charge in [0.2, 0.25) is 0 Å². The molecule has 1 fully saturated rings. The molecule has 1 atom stereocenters. The van der Waals surface area contributed by atoms with E-state index < -0.39 is 0 Å². The van der Waals surface area contributed by atoms with Crippen molar-refractivity contribution in [2.45, 2.75) is 25.4 Å². The number of nitrogens with two attached hydrogens (primary N) is 1. The molecule has 2 heterocycles. The van der Waals surface area contributed by atoms with Crippen LogP contribution in [-0.4, -0.2) is 28.7 Å². The van der Waals surface area contributed by atoms with Gasteiger partial charge in [0.15, 0.2) is 0 Å². The van der Waals surface area contributed by atoms with Crippen molar-refractivity contribution in [1.82, 2.24) is 9.55 Å². The summed E-state index contributed by atoms with van der Waals surface area (Å²) in [6.45, 7) is 1.85. The number of hydrogen-bond donors (Lipinski definition) is 2. The third kappa shape index (κ3) is 3.64. The van der Waals surface area contributed by atoms with E-state index in [-0.39, 0.29) is 11.6 Å². The molecule has 0 saturated carbocycles. The number of aromatic nitrogens is 2. The van der Waals surface area contributed by atoms with Crippen LogP contribution in [-0.2, 0) is 13.6 Å². The molecular weight excluding hydrogens is 316 g/mol. The molecule has 0 bridgehead atoms. The molecule has 130 valence electrons. The minimum Gasteiger partial charge on any atom is -0.380 e. The lowest BCUT2D eigenvalue weighted by Crippen LogP contribution is -2.44. The molecule has 0 radical (unpaired) electrons. The third-order valence-corrected chi connectivity index (χ3v) is 4.46. The lowest BCUT2D eigenvalue weighted by Gasteiger charge is -2.32. The molecule has 1 aromatic heterocycles. The highest BCUT2D eigenvalue weighted by atomic mass is 16.1. The Morgan fingerprint density at radius 3 is 3.00 bits per heavy atom. The summed E-state index contributed by atoms with van der Waals surface area (Å²) >= 11 is 0. The highest BCUT2D eigenvalue weighted by molar-refractivity contribution is 5.58. The van der Waals surface area contributed by atoms with E-state index in [4.69, 9.17) is 5.73 Å². The van der Waals surface area contributed by atoms with Crippen LogP contribution in [0.4, 0.5) is 11.5 Å². The summed E-state index contributed by atoms with van der Waals surface area (Å²) in [5, 5.41) is 12.4. The zero-order chi connectivity index (χ0) is 17.8. The Morgan fingerprint density at radius 2 is 2.24 bits per heavy atom. The van der Waals surface area contributed by atoms with Crippen LogP contribution in [0.1, 0.15) is 24.0 Å². The lowest BCUT2D eigenvalue weighted by atomic mass is 10.1. The zero-order valence-electron chi connectivity index (χ0n) is 14.3. The van der Waals surface area contributed by atoms with Crippen LogP contribution in [0.5, 0.6) is 0 Å². The van der Waals surface area contributed by atoms with Gasteiger partial charge >= 0.3 is 0 Å². The van der Waals surface area contributed by atoms with E-state index in [9.17, 15) is 10.1 Å². The van der Waals surface area contributed by atoms with E-state index >= 15 is 0 Å². The molecule has 0 spiro atoms. The molecule has 1 aliphatic rings. The second-order valence-corrected chi connectivity index (χ2v) is 6.32. The summed E-state index contributed by atoms with van der Waals surface area (Å²) in [7, 11) is 1.69. The average Bonchev–Trinajstić information content (AvgIpc) is 2.63. The lowest BCUT2D eigenvalue weighted by molar-refractivity contribution is 0.501. The molecule has 0 amide bonds. The maximum absolute atomic E-state index is 12.6. The zero-order valence-corrected chi connectivity index (χ0v) is 14.3. The Balaban J connectivity index is 1.90. The normalized spacial score (nSPS) is 17.2. The standard InChI is InChI=1S/C18H22N6O/c1-23-12-22-17(24-8-4-6-14(20)11-24)15(18(23)25)10-21-16-7-3-2-5-13(16)9-19/h2-3,5,7,12,14,21H,4,6,8,10-11,20H2,1H3/t14-/m1/s1. The number of nitrogens with zero attached hydrogens (tertiary/aromatic N) is 4. The highest BCUT2D eigenvalue weighted by Gasteiger charge is 2.22. The first-order valence-corrected chi connectivity index (χ1v) is 8.38. The van der Waals surface area contributed by atoms with Gasteiger partial charge in [0.1, 0.15) is 11.9 Å². The van der Waals surface area contributed by atoms with E-state index in [1.54, 1.807) is 19.4 Å². The van der Waals surface area contributed by atoms with E-state index in [1.165, 1.54) is 4.57 Å². The largest absolute Gasteiger partial charge is 0.380 e. The van der Waals surface area contributed by atoms with Gasteiger partial charge in [-0.2, -0.15) is 5.26 Å². The van der Waals surface area contributed by atoms with Gasteiger partial charge in [-0.3, -0.25) is 4.79 Å². The van der Waals surface area contributed by atoms with Crippen molar-refractivity contribution >= 4 is 11.5 Å². The topological polar surface area (TPSA) is 100.0 Å². The van der Waals surface area contributed by atoms with Crippen molar-refractivity contribution in [3.05, 3.63) is 52.1 Å². The molecular formula is C18H22N6O. The maximum Gasteiger partial charge on any atom is 0.260 e. The molecule has 3 rings (SSSR count). The molecule has 0 aliphatic carbocycles. The van der Waals surface area contributed by atoms with E-state index in [1.807, 2.05) is 18.2 Å². The van der Waals surface area contributed by atoms with E-state index in [0.29, 0.717) is 35.7 Å². The number of aryl methyl sites for hydroxylation is 1. The molecule has 0 unspecified atom stereocenters. The SMILES string of the molecule is Cn1cnc(N2CCC[C@@H](N)C2)c(CNc2ccccc2C#N)c1=O. The van der Waals surface area contributed by atoms with Crippen molar-refractivity contribution in [3.63, 3.8) is 0 Å². The monoisotopic (exact) mass is 338 g/mol. The van der Waals surface area contributed by atoms with Gasteiger partial charge in [0, 0.05) is 32.7 Å². The van der Waals surface area contributed by atoms with Gasteiger partial charge < -0.3 is 20.5 Å². The fourth-order valence-corrected chi connectivity index (χ4v) is 3.13. The molecule has 25 heavy (non-hydrogen) atoms. The second-order valence-electron chi connectivity index (χ2n) is 6.32. The van der Waals surface area contributed by atoms with Crippen LogP contribution < -0.4 is 21.5 Å². The number of nitrogens with one attached hydrogen (secondary N) is 1. The predicted molar refractivity (Wildman–Crippen MR) is 97.4 cm³/mol. The van der Waals surface area contributed by atoms with Crippen LogP contribution in [0.2, 0.25) is 0 Å². The first-order valence-electron chi connectivity index (χ1n) is 8.38. The van der Waals surface area contributed by atoms with E-state index in [2.05, 4.69) is 21.3 Å². The van der Waals surface area contributed by atoms with Crippen molar-refractivity contribution in [2.24, 2.45) is 12.8 Å². The maximum atomic E-state index is 12.6. The molecule has 7 nitrogen and oxygen atoms in total. The summed E-state index contributed by atoms with van der Waals surface area (Å²) in [4.78, 5) is 19.2. The molecule has 1 aliphatic heterocycles. The predicted octanol–water partition coefficient (Wildman–Crippen LogP) is 1.19. The summed E-state index contributed by atoms with van der Waals surface area (Å²) < 4.78 is 1.47. The van der Waals surface area contributed by atoms with Crippen LogP contribution in [0.25, 0.3) is 0 Å². The minimum absolute atomic E-state index is 0.0916. The summed E-state index contributed by atoms with van der Waals surface area (Å²) in [5.74, 6) is 0.681. The average molecular weight is 338 g/mol. The fraction of sp³-hybridized carbons (Fsp3) is 0.389. The van der Waals surface area contributed by atoms with Gasteiger partial charge in [0.05, 0.1) is 23.1 Å². The Bertz CT molecular complexity index is 853. The highest BCUT2D eigenvalue weighted by Crippen LogP contribution is 2.21. The first-order chi connectivity index (χ1) is 12.1. The third-order valence-electron chi connectivity index (χ3n) is 4.46. The number of rotatable bonds is 4. The molecule has 1 aromatic carbocycles. The van der Waals surface area contributed by atoms with Gasteiger partial charge in [0.25, 0.3) is 5.56 Å². The molecule has 3 N–H and O–H groups in total. The molecule has 2 aromatic rings. The van der Waals surface area contributed by atoms with Crippen LogP contribution in [0.3, 0.4) is 0 Å². The van der Waals surface area contributed by atoms with Crippen LogP contribution >= 0.6 is 0 Å². The Kier molecular flexibility index (Phi) is 5.00. The molecule has 7 heteroatoms. The first kappa shape index (κ1) is 17.0. The van der Waals surface area contributed by atoms with Crippen molar-refractivity contribution in [3.8, 4) is 6.07 Å². The fourth-order valence-electron chi connectivity index (χ4n) is 3.13. The van der Waals surface area contributed by atoms with Crippen LogP contribution in [0, 0.1) is 11.3 Å². The molecule has 1 saturated heterocycles. The van der Waals surface area contributed by atoms with Gasteiger partial charge in [-0.1, -0.05) is 12.1 Å². The van der Waals surface area contributed by atoms with Crippen molar-refractivity contribution in [2.75, 3.05) is 23.3 Å². The second kappa shape index (κ2) is 7.36. The number of hydrogen-bond acceptors (Lipinski definition) is 6. The number of anilines is 2. The number of para-hydroxylation sites is 1. The number of piperidine rings is 1. The summed E-state index contributed by atoms with van der Waals surface area (Å²) in [6.07, 6.45) is 3.52. The van der Waals surface area contributed by atoms with Gasteiger partial charge in [-0.05, 0) is 25.0 Å². The minimum atomic E-state index is -0.0916. The van der Waals surface area contributed by atoms with E-state index in [0.717, 1.165) is 19.4 Å². The Labute approximate surface area is 146 Å². The summed E-state index contributed by atoms with van der Waals surface area (Å²) in [5.41, 5.74) is 7.83. The smallest absolute Gasteiger partial charge is 0.260 e. The quantitative estimate of drug-likeness (QED) is 0.869. The summed E-state index contributed by atoms with van der Waals surface area (Å²) in [6, 6.07) is 9.49. The Hall–Kier alpha value is -2.85. The van der Waals surface area contributed by atoms with Crippen LogP contribution in [0.15, 0.2) is 35.4 Å². The Morgan fingerprint density at radius 1 is 1.44 bits per heavy atom. The van der Waals surface area contributed by atoms with Crippen molar-refractivity contribution < 1.29 is 0 Å². The number of nitriles is 1. The van der Waals surface area contributed by atoms with Crippen molar-refractivity contribution in [1.29, 1.82) is 5.26 Å². The van der Waals surface area contributed by atoms with Gasteiger partial charge in [-0.15, -0.1) is 0 Å².